The van der Waals surface area contributed by atoms with Crippen LogP contribution in [0.4, 0.5) is 10.1 Å². The van der Waals surface area contributed by atoms with Crippen LogP contribution in [0.1, 0.15) is 12.8 Å². The smallest absolute Gasteiger partial charge is 0.245 e. The molecule has 1 aromatic rings. The van der Waals surface area contributed by atoms with Crippen molar-refractivity contribution >= 4 is 15.7 Å². The van der Waals surface area contributed by atoms with E-state index >= 15 is 0 Å². The molecule has 1 saturated carbocycles. The van der Waals surface area contributed by atoms with Gasteiger partial charge in [0.15, 0.2) is 0 Å². The monoisotopic (exact) mass is 260 g/mol. The minimum Gasteiger partial charge on any atom is -0.398 e. The van der Waals surface area contributed by atoms with Gasteiger partial charge in [-0.15, -0.1) is 0 Å². The maximum absolute atomic E-state index is 13.4. The molecule has 0 radical (unpaired) electrons. The number of benzene rings is 1. The predicted octanol–water partition coefficient (Wildman–Crippen LogP) is 0.210. The number of nitrogens with one attached hydrogen (secondary N) is 1. The number of hydrogen-bond donors (Lipinski definition) is 3. The number of aliphatic hydroxyl groups excluding tert-OH is 1. The standard InChI is InChI=1S/C10H13FN2O3S/c11-8-2-1-3-9(12)10(8)17(15,16)13-6-4-7(14)5-6/h1-3,6-7,13-14H,4-5,12H2. The first-order chi connectivity index (χ1) is 7.90. The molecule has 1 aromatic carbocycles. The van der Waals surface area contributed by atoms with E-state index in [1.165, 1.54) is 12.1 Å². The first-order valence-electron chi connectivity index (χ1n) is 5.14. The third-order valence-corrected chi connectivity index (χ3v) is 4.31. The van der Waals surface area contributed by atoms with E-state index in [1.807, 2.05) is 0 Å². The molecule has 5 nitrogen and oxygen atoms in total. The van der Waals surface area contributed by atoms with Crippen LogP contribution in [-0.4, -0.2) is 25.7 Å². The third-order valence-electron chi connectivity index (χ3n) is 2.70. The van der Waals surface area contributed by atoms with Crippen molar-refractivity contribution in [2.45, 2.75) is 29.9 Å². The third kappa shape index (κ3) is 2.41. The lowest BCUT2D eigenvalue weighted by Crippen LogP contribution is -2.46. The number of halogens is 1. The van der Waals surface area contributed by atoms with E-state index < -0.39 is 26.8 Å². The molecule has 17 heavy (non-hydrogen) atoms. The Morgan fingerprint density at radius 2 is 2.06 bits per heavy atom. The Hall–Kier alpha value is -1.18. The van der Waals surface area contributed by atoms with Gasteiger partial charge in [0.2, 0.25) is 10.0 Å². The summed E-state index contributed by atoms with van der Waals surface area (Å²) in [7, 11) is -3.97. The van der Waals surface area contributed by atoms with Crippen molar-refractivity contribution in [2.75, 3.05) is 5.73 Å². The highest BCUT2D eigenvalue weighted by molar-refractivity contribution is 7.89. The summed E-state index contributed by atoms with van der Waals surface area (Å²) in [6, 6.07) is 3.36. The van der Waals surface area contributed by atoms with Gasteiger partial charge in [0.1, 0.15) is 10.7 Å². The number of sulfonamides is 1. The summed E-state index contributed by atoms with van der Waals surface area (Å²) in [6.45, 7) is 0. The van der Waals surface area contributed by atoms with Crippen molar-refractivity contribution in [1.82, 2.24) is 4.72 Å². The molecule has 0 unspecified atom stereocenters. The van der Waals surface area contributed by atoms with Crippen LogP contribution in [0.15, 0.2) is 23.1 Å². The fourth-order valence-electron chi connectivity index (χ4n) is 1.77. The van der Waals surface area contributed by atoms with E-state index in [2.05, 4.69) is 4.72 Å². The molecule has 0 atom stereocenters. The summed E-state index contributed by atoms with van der Waals surface area (Å²) in [5, 5.41) is 9.06. The summed E-state index contributed by atoms with van der Waals surface area (Å²) >= 11 is 0. The Bertz CT molecular complexity index is 506. The van der Waals surface area contributed by atoms with Crippen LogP contribution in [0, 0.1) is 5.82 Å². The number of nitrogens with two attached hydrogens (primary N) is 1. The SMILES string of the molecule is Nc1cccc(F)c1S(=O)(=O)NC1CC(O)C1. The molecule has 0 amide bonds. The van der Waals surface area contributed by atoms with E-state index in [9.17, 15) is 12.8 Å². The van der Waals surface area contributed by atoms with Crippen LogP contribution in [0.3, 0.4) is 0 Å². The van der Waals surface area contributed by atoms with Gasteiger partial charge in [-0.1, -0.05) is 6.07 Å². The van der Waals surface area contributed by atoms with Gasteiger partial charge in [-0.05, 0) is 25.0 Å². The number of aliphatic hydroxyl groups is 1. The van der Waals surface area contributed by atoms with Gasteiger partial charge >= 0.3 is 0 Å². The van der Waals surface area contributed by atoms with Crippen LogP contribution < -0.4 is 10.5 Å². The summed E-state index contributed by atoms with van der Waals surface area (Å²) in [6.07, 6.45) is 0.196. The van der Waals surface area contributed by atoms with Gasteiger partial charge in [-0.25, -0.2) is 17.5 Å². The largest absolute Gasteiger partial charge is 0.398 e. The zero-order valence-electron chi connectivity index (χ0n) is 8.93. The molecule has 0 saturated heterocycles. The minimum atomic E-state index is -3.97. The van der Waals surface area contributed by atoms with Crippen molar-refractivity contribution in [3.05, 3.63) is 24.0 Å². The van der Waals surface area contributed by atoms with E-state index in [0.717, 1.165) is 6.07 Å². The molecular weight excluding hydrogens is 247 g/mol. The van der Waals surface area contributed by atoms with E-state index in [1.54, 1.807) is 0 Å². The topological polar surface area (TPSA) is 92.4 Å². The molecule has 0 bridgehead atoms. The quantitative estimate of drug-likeness (QED) is 0.677. The summed E-state index contributed by atoms with van der Waals surface area (Å²) in [4.78, 5) is -0.526. The first-order valence-corrected chi connectivity index (χ1v) is 6.63. The fourth-order valence-corrected chi connectivity index (χ4v) is 3.22. The number of anilines is 1. The Labute approximate surface area is 98.5 Å². The second-order valence-electron chi connectivity index (χ2n) is 4.10. The summed E-state index contributed by atoms with van der Waals surface area (Å²) < 4.78 is 39.5. The highest BCUT2D eigenvalue weighted by atomic mass is 32.2. The van der Waals surface area contributed by atoms with Crippen LogP contribution >= 0.6 is 0 Å². The maximum atomic E-state index is 13.4. The Morgan fingerprint density at radius 3 is 2.59 bits per heavy atom. The van der Waals surface area contributed by atoms with E-state index in [-0.39, 0.29) is 11.7 Å². The second-order valence-corrected chi connectivity index (χ2v) is 5.75. The van der Waals surface area contributed by atoms with Crippen molar-refractivity contribution in [3.63, 3.8) is 0 Å². The highest BCUT2D eigenvalue weighted by Crippen LogP contribution is 2.25. The molecule has 0 spiro atoms. The number of hydrogen-bond acceptors (Lipinski definition) is 4. The fraction of sp³-hybridized carbons (Fsp3) is 0.400. The molecular formula is C10H13FN2O3S. The lowest BCUT2D eigenvalue weighted by Gasteiger charge is -2.31. The number of nitrogen functional groups attached to an aromatic ring is 1. The van der Waals surface area contributed by atoms with Crippen LogP contribution in [-0.2, 0) is 10.0 Å². The zero-order valence-corrected chi connectivity index (χ0v) is 9.74. The van der Waals surface area contributed by atoms with E-state index in [4.69, 9.17) is 10.8 Å². The zero-order chi connectivity index (χ0) is 12.6. The molecule has 2 rings (SSSR count). The minimum absolute atomic E-state index is 0.127. The lowest BCUT2D eigenvalue weighted by molar-refractivity contribution is 0.0712. The molecule has 94 valence electrons. The normalized spacial score (nSPS) is 24.4. The van der Waals surface area contributed by atoms with E-state index in [0.29, 0.717) is 12.8 Å². The van der Waals surface area contributed by atoms with Gasteiger partial charge in [-0.2, -0.15) is 0 Å². The molecule has 7 heteroatoms. The first kappa shape index (κ1) is 12.3. The van der Waals surface area contributed by atoms with Crippen molar-refractivity contribution in [1.29, 1.82) is 0 Å². The summed E-state index contributed by atoms with van der Waals surface area (Å²) in [5.74, 6) is -0.877. The van der Waals surface area contributed by atoms with Gasteiger partial charge < -0.3 is 10.8 Å². The maximum Gasteiger partial charge on any atom is 0.245 e. The van der Waals surface area contributed by atoms with Gasteiger partial charge in [0.25, 0.3) is 0 Å². The lowest BCUT2D eigenvalue weighted by atomic mass is 9.91. The van der Waals surface area contributed by atoms with Crippen molar-refractivity contribution < 1.29 is 17.9 Å². The van der Waals surface area contributed by atoms with Crippen LogP contribution in [0.5, 0.6) is 0 Å². The molecule has 4 N–H and O–H groups in total. The van der Waals surface area contributed by atoms with Crippen LogP contribution in [0.2, 0.25) is 0 Å². The Balaban J connectivity index is 2.26. The van der Waals surface area contributed by atoms with Gasteiger partial charge in [0.05, 0.1) is 11.8 Å². The second kappa shape index (κ2) is 4.25. The Morgan fingerprint density at radius 1 is 1.41 bits per heavy atom. The van der Waals surface area contributed by atoms with Gasteiger partial charge in [-0.3, -0.25) is 0 Å². The average molecular weight is 260 g/mol. The molecule has 1 aliphatic carbocycles. The molecule has 0 aliphatic heterocycles. The van der Waals surface area contributed by atoms with Crippen LogP contribution in [0.25, 0.3) is 0 Å². The average Bonchev–Trinajstić information content (AvgIpc) is 2.14. The molecule has 1 fully saturated rings. The molecule has 0 heterocycles. The predicted molar refractivity (Wildman–Crippen MR) is 60.2 cm³/mol. The summed E-state index contributed by atoms with van der Waals surface area (Å²) in [5.41, 5.74) is 5.33. The number of rotatable bonds is 3. The van der Waals surface area contributed by atoms with Crippen molar-refractivity contribution in [3.8, 4) is 0 Å². The van der Waals surface area contributed by atoms with Crippen molar-refractivity contribution in [2.24, 2.45) is 0 Å². The highest BCUT2D eigenvalue weighted by Gasteiger charge is 2.33. The molecule has 0 aromatic heterocycles. The Kier molecular flexibility index (Phi) is 3.07. The van der Waals surface area contributed by atoms with Gasteiger partial charge in [0, 0.05) is 6.04 Å². The molecule has 1 aliphatic rings.